The molecule has 0 saturated carbocycles. The third kappa shape index (κ3) is 8.01. The normalized spacial score (nSPS) is 16.2. The summed E-state index contributed by atoms with van der Waals surface area (Å²) in [6.07, 6.45) is 3.83. The van der Waals surface area contributed by atoms with E-state index in [1.807, 2.05) is 20.8 Å². The topological polar surface area (TPSA) is 35.5 Å². The minimum atomic E-state index is -2.85. The third-order valence-corrected chi connectivity index (χ3v) is 4.14. The quantitative estimate of drug-likeness (QED) is 0.418. The maximum Gasteiger partial charge on any atom is 0.330 e. The first-order chi connectivity index (χ1) is 7.11. The van der Waals surface area contributed by atoms with Crippen LogP contribution in [-0.4, -0.2) is 18.9 Å². The zero-order valence-corrected chi connectivity index (χ0v) is 14.4. The summed E-state index contributed by atoms with van der Waals surface area (Å²) >= 11 is 0. The average molecular weight is 419 g/mol. The largest absolute Gasteiger partial charge is 0.343 e. The number of rotatable bonds is 9. The molecule has 0 heterocycles. The minimum Gasteiger partial charge on any atom is -0.343 e. The van der Waals surface area contributed by atoms with Crippen molar-refractivity contribution in [3.8, 4) is 0 Å². The van der Waals surface area contributed by atoms with Crippen molar-refractivity contribution in [1.82, 2.24) is 0 Å². The second-order valence-electron chi connectivity index (χ2n) is 3.54. The van der Waals surface area contributed by atoms with E-state index in [1.165, 1.54) is 0 Å². The van der Waals surface area contributed by atoms with E-state index in [0.717, 1.165) is 25.7 Å². The monoisotopic (exact) mass is 419 g/mol. The Labute approximate surface area is 114 Å². The number of hydrogen-bond acceptors (Lipinski definition) is 3. The molecule has 5 heteroatoms. The van der Waals surface area contributed by atoms with Crippen LogP contribution in [0.3, 0.4) is 0 Å². The fourth-order valence-electron chi connectivity index (χ4n) is 1.21. The van der Waals surface area contributed by atoms with Gasteiger partial charge in [0.15, 0.2) is 0 Å². The van der Waals surface area contributed by atoms with Crippen molar-refractivity contribution >= 4 is 7.60 Å². The van der Waals surface area contributed by atoms with Crippen LogP contribution in [0.25, 0.3) is 0 Å². The summed E-state index contributed by atoms with van der Waals surface area (Å²) in [6.45, 7) is 10.1. The standard InChI is InChI=1S/C11H24O3P.W/c1-5-9-11(7-3)14-15(12,8-4)13-10-6-2;/h11H,1,5-10H2,2-4H3;/q-1;. The van der Waals surface area contributed by atoms with Crippen LogP contribution in [0, 0.1) is 6.92 Å². The molecule has 0 aromatic rings. The molecule has 98 valence electrons. The van der Waals surface area contributed by atoms with Gasteiger partial charge < -0.3 is 16.0 Å². The molecule has 0 aliphatic rings. The van der Waals surface area contributed by atoms with Crippen LogP contribution >= 0.6 is 7.60 Å². The zero-order valence-electron chi connectivity index (χ0n) is 10.6. The van der Waals surface area contributed by atoms with Gasteiger partial charge in [-0.15, -0.1) is 0 Å². The van der Waals surface area contributed by atoms with Crippen LogP contribution in [0.2, 0.25) is 0 Å². The summed E-state index contributed by atoms with van der Waals surface area (Å²) in [5.74, 6) is 0. The van der Waals surface area contributed by atoms with Crippen LogP contribution in [0.1, 0.15) is 46.5 Å². The van der Waals surface area contributed by atoms with E-state index in [1.54, 1.807) is 0 Å². The molecule has 0 aromatic carbocycles. The molecule has 2 atom stereocenters. The number of hydrogen-bond donors (Lipinski definition) is 0. The van der Waals surface area contributed by atoms with Crippen molar-refractivity contribution in [3.05, 3.63) is 6.92 Å². The van der Waals surface area contributed by atoms with E-state index in [0.29, 0.717) is 12.8 Å². The summed E-state index contributed by atoms with van der Waals surface area (Å²) in [5, 5.41) is 0. The Morgan fingerprint density at radius 2 is 1.94 bits per heavy atom. The van der Waals surface area contributed by atoms with E-state index in [-0.39, 0.29) is 27.2 Å². The molecule has 3 nitrogen and oxygen atoms in total. The molecule has 0 aromatic heterocycles. The SMILES string of the molecule is [CH2-]CCC(CC)OP(=O)(CC)OCCC.[W]. The molecular formula is C11H24O3PW-. The van der Waals surface area contributed by atoms with Gasteiger partial charge in [0.05, 0.1) is 12.7 Å². The predicted octanol–water partition coefficient (Wildman–Crippen LogP) is 4.03. The summed E-state index contributed by atoms with van der Waals surface area (Å²) in [5.41, 5.74) is 0. The molecule has 0 radical (unpaired) electrons. The van der Waals surface area contributed by atoms with Crippen LogP contribution in [0.5, 0.6) is 0 Å². The van der Waals surface area contributed by atoms with Gasteiger partial charge in [-0.25, -0.2) is 0 Å². The summed E-state index contributed by atoms with van der Waals surface area (Å²) in [7, 11) is -2.85. The Balaban J connectivity index is 0. The Morgan fingerprint density at radius 3 is 2.31 bits per heavy atom. The van der Waals surface area contributed by atoms with Gasteiger partial charge in [-0.05, 0) is 12.8 Å². The van der Waals surface area contributed by atoms with E-state index in [9.17, 15) is 4.57 Å². The molecule has 2 unspecified atom stereocenters. The Bertz CT molecular complexity index is 200. The van der Waals surface area contributed by atoms with Crippen molar-refractivity contribution in [2.75, 3.05) is 12.8 Å². The second-order valence-corrected chi connectivity index (χ2v) is 5.86. The molecule has 0 aliphatic heterocycles. The first kappa shape index (κ1) is 19.2. The van der Waals surface area contributed by atoms with Crippen molar-refractivity contribution in [2.24, 2.45) is 0 Å². The zero-order chi connectivity index (χ0) is 11.7. The van der Waals surface area contributed by atoms with Gasteiger partial charge in [-0.1, -0.05) is 27.2 Å². The summed E-state index contributed by atoms with van der Waals surface area (Å²) in [4.78, 5) is 0. The molecule has 0 fully saturated rings. The molecular weight excluding hydrogens is 395 g/mol. The third-order valence-electron chi connectivity index (χ3n) is 2.17. The Kier molecular flexibility index (Phi) is 13.1. The maximum atomic E-state index is 12.1. The fraction of sp³-hybridized carbons (Fsp3) is 0.909. The maximum absolute atomic E-state index is 12.1. The van der Waals surface area contributed by atoms with E-state index >= 15 is 0 Å². The van der Waals surface area contributed by atoms with Crippen molar-refractivity contribution in [3.63, 3.8) is 0 Å². The van der Waals surface area contributed by atoms with Gasteiger partial charge in [0, 0.05) is 27.2 Å². The van der Waals surface area contributed by atoms with Gasteiger partial charge in [-0.3, -0.25) is 4.57 Å². The van der Waals surface area contributed by atoms with Gasteiger partial charge in [0.25, 0.3) is 0 Å². The molecule has 0 aliphatic carbocycles. The van der Waals surface area contributed by atoms with E-state index in [2.05, 4.69) is 6.92 Å². The van der Waals surface area contributed by atoms with Crippen molar-refractivity contribution < 1.29 is 34.7 Å². The van der Waals surface area contributed by atoms with Gasteiger partial charge in [-0.2, -0.15) is 6.42 Å². The molecule has 16 heavy (non-hydrogen) atoms. The van der Waals surface area contributed by atoms with Crippen LogP contribution in [0.4, 0.5) is 0 Å². The molecule has 0 spiro atoms. The van der Waals surface area contributed by atoms with Gasteiger partial charge >= 0.3 is 7.60 Å². The molecule has 0 N–H and O–H groups in total. The minimum absolute atomic E-state index is 0. The van der Waals surface area contributed by atoms with Crippen LogP contribution in [0.15, 0.2) is 0 Å². The summed E-state index contributed by atoms with van der Waals surface area (Å²) in [6, 6.07) is 0. The smallest absolute Gasteiger partial charge is 0.330 e. The van der Waals surface area contributed by atoms with Gasteiger partial charge in [0.2, 0.25) is 0 Å². The Morgan fingerprint density at radius 1 is 1.31 bits per heavy atom. The van der Waals surface area contributed by atoms with Gasteiger partial charge in [0.1, 0.15) is 0 Å². The second kappa shape index (κ2) is 11.0. The van der Waals surface area contributed by atoms with Crippen LogP contribution in [-0.2, 0) is 34.7 Å². The molecule has 0 saturated heterocycles. The fourth-order valence-corrected chi connectivity index (χ4v) is 2.77. The predicted molar refractivity (Wildman–Crippen MR) is 64.1 cm³/mol. The van der Waals surface area contributed by atoms with Crippen molar-refractivity contribution in [2.45, 2.75) is 52.6 Å². The summed E-state index contributed by atoms with van der Waals surface area (Å²) < 4.78 is 23.0. The van der Waals surface area contributed by atoms with E-state index < -0.39 is 7.60 Å². The molecule has 0 rings (SSSR count). The average Bonchev–Trinajstić information content (AvgIpc) is 2.26. The Hall–Kier alpha value is 0.838. The van der Waals surface area contributed by atoms with E-state index in [4.69, 9.17) is 9.05 Å². The molecule has 0 bridgehead atoms. The van der Waals surface area contributed by atoms with Crippen LogP contribution < -0.4 is 0 Å². The molecule has 0 amide bonds. The first-order valence-electron chi connectivity index (χ1n) is 5.83. The first-order valence-corrected chi connectivity index (χ1v) is 7.55. The van der Waals surface area contributed by atoms with Crippen molar-refractivity contribution in [1.29, 1.82) is 0 Å².